The molecule has 0 spiro atoms. The number of amides is 2. The Morgan fingerprint density at radius 2 is 1.72 bits per heavy atom. The molecule has 25 heavy (non-hydrogen) atoms. The molecule has 0 radical (unpaired) electrons. The molecule has 0 saturated heterocycles. The van der Waals surface area contributed by atoms with Crippen molar-refractivity contribution in [3.63, 3.8) is 0 Å². The minimum Gasteiger partial charge on any atom is -0.355 e. The third kappa shape index (κ3) is 6.58. The van der Waals surface area contributed by atoms with E-state index >= 15 is 0 Å². The summed E-state index contributed by atoms with van der Waals surface area (Å²) >= 11 is 1.45. The molecule has 4 nitrogen and oxygen atoms in total. The molecular weight excluding hydrogens is 339 g/mol. The third-order valence-electron chi connectivity index (χ3n) is 3.48. The molecule has 0 bridgehead atoms. The fourth-order valence-electron chi connectivity index (χ4n) is 2.20. The monoisotopic (exact) mass is 360 g/mol. The van der Waals surface area contributed by atoms with Crippen LogP contribution in [0.5, 0.6) is 0 Å². The van der Waals surface area contributed by atoms with E-state index in [9.17, 15) is 14.0 Å². The molecule has 0 aromatic heterocycles. The van der Waals surface area contributed by atoms with E-state index in [0.29, 0.717) is 13.0 Å². The average molecular weight is 360 g/mol. The quantitative estimate of drug-likeness (QED) is 0.742. The van der Waals surface area contributed by atoms with Crippen molar-refractivity contribution in [2.75, 3.05) is 11.9 Å². The number of rotatable bonds is 7. The number of anilines is 1. The molecule has 2 rings (SSSR count). The summed E-state index contributed by atoms with van der Waals surface area (Å²) in [6.45, 7) is 3.82. The summed E-state index contributed by atoms with van der Waals surface area (Å²) in [5.41, 5.74) is 1.71. The summed E-state index contributed by atoms with van der Waals surface area (Å²) in [6, 6.07) is 13.6. The van der Waals surface area contributed by atoms with Gasteiger partial charge >= 0.3 is 0 Å². The zero-order valence-corrected chi connectivity index (χ0v) is 15.0. The number of nitrogens with one attached hydrogen (secondary N) is 2. The highest BCUT2D eigenvalue weighted by molar-refractivity contribution is 8.00. The second-order valence-corrected chi connectivity index (χ2v) is 7.05. The number of thioether (sulfide) groups is 1. The molecule has 6 heteroatoms. The molecule has 0 aliphatic carbocycles. The Morgan fingerprint density at radius 3 is 2.32 bits per heavy atom. The largest absolute Gasteiger partial charge is 0.355 e. The van der Waals surface area contributed by atoms with Crippen molar-refractivity contribution < 1.29 is 14.0 Å². The minimum absolute atomic E-state index is 0.0435. The molecule has 2 N–H and O–H groups in total. The van der Waals surface area contributed by atoms with Crippen LogP contribution in [0.1, 0.15) is 19.4 Å². The molecular formula is C19H21FN2O2S. The lowest BCUT2D eigenvalue weighted by atomic mass is 10.1. The van der Waals surface area contributed by atoms with Gasteiger partial charge < -0.3 is 10.6 Å². The van der Waals surface area contributed by atoms with Crippen molar-refractivity contribution in [1.82, 2.24) is 5.32 Å². The zero-order valence-electron chi connectivity index (χ0n) is 14.2. The number of carbonyl (C=O) groups is 2. The van der Waals surface area contributed by atoms with Gasteiger partial charge in [0.1, 0.15) is 5.82 Å². The van der Waals surface area contributed by atoms with Gasteiger partial charge in [-0.05, 0) is 55.3 Å². The standard InChI is InChI=1S/C19H21FN2O2S/c1-13(25-18-9-7-17(8-10-18)22-14(2)23)19(24)21-12-11-15-3-5-16(20)6-4-15/h3-10,13H,11-12H2,1-2H3,(H,21,24)(H,22,23)/t13-/m1/s1. The first kappa shape index (κ1) is 19.0. The summed E-state index contributed by atoms with van der Waals surface area (Å²) in [5.74, 6) is -0.422. The summed E-state index contributed by atoms with van der Waals surface area (Å²) < 4.78 is 12.8. The van der Waals surface area contributed by atoms with Gasteiger partial charge in [-0.3, -0.25) is 9.59 Å². The first-order valence-corrected chi connectivity index (χ1v) is 8.88. The Bertz CT molecular complexity index is 717. The third-order valence-corrected chi connectivity index (χ3v) is 4.59. The van der Waals surface area contributed by atoms with Crippen LogP contribution in [-0.2, 0) is 16.0 Å². The fraction of sp³-hybridized carbons (Fsp3) is 0.263. The lowest BCUT2D eigenvalue weighted by Gasteiger charge is -2.12. The zero-order chi connectivity index (χ0) is 18.2. The highest BCUT2D eigenvalue weighted by Gasteiger charge is 2.13. The molecule has 0 aliphatic heterocycles. The van der Waals surface area contributed by atoms with E-state index in [1.165, 1.54) is 30.8 Å². The van der Waals surface area contributed by atoms with E-state index < -0.39 is 0 Å². The van der Waals surface area contributed by atoms with Crippen LogP contribution in [0, 0.1) is 5.82 Å². The Morgan fingerprint density at radius 1 is 1.08 bits per heavy atom. The molecule has 0 heterocycles. The van der Waals surface area contributed by atoms with Gasteiger partial charge in [-0.25, -0.2) is 4.39 Å². The minimum atomic E-state index is -0.262. The van der Waals surface area contributed by atoms with Crippen molar-refractivity contribution in [2.45, 2.75) is 30.4 Å². The lowest BCUT2D eigenvalue weighted by molar-refractivity contribution is -0.120. The molecule has 1 atom stereocenters. The van der Waals surface area contributed by atoms with Crippen LogP contribution in [0.15, 0.2) is 53.4 Å². The highest BCUT2D eigenvalue weighted by Crippen LogP contribution is 2.24. The molecule has 0 saturated carbocycles. The van der Waals surface area contributed by atoms with E-state index in [1.807, 2.05) is 31.2 Å². The Labute approximate surface area is 151 Å². The highest BCUT2D eigenvalue weighted by atomic mass is 32.2. The molecule has 0 fully saturated rings. The fourth-order valence-corrected chi connectivity index (χ4v) is 3.09. The molecule has 0 unspecified atom stereocenters. The van der Waals surface area contributed by atoms with Gasteiger partial charge in [0.2, 0.25) is 11.8 Å². The summed E-state index contributed by atoms with van der Waals surface area (Å²) in [4.78, 5) is 24.1. The van der Waals surface area contributed by atoms with Crippen molar-refractivity contribution in [2.24, 2.45) is 0 Å². The summed E-state index contributed by atoms with van der Waals surface area (Å²) in [6.07, 6.45) is 0.662. The van der Waals surface area contributed by atoms with Crippen LogP contribution in [0.3, 0.4) is 0 Å². The Hall–Kier alpha value is -2.34. The van der Waals surface area contributed by atoms with Crippen molar-refractivity contribution in [3.05, 3.63) is 59.9 Å². The van der Waals surface area contributed by atoms with E-state index in [-0.39, 0.29) is 22.9 Å². The first-order chi connectivity index (χ1) is 11.9. The number of carbonyl (C=O) groups excluding carboxylic acids is 2. The maximum absolute atomic E-state index is 12.8. The van der Waals surface area contributed by atoms with Crippen molar-refractivity contribution in [1.29, 1.82) is 0 Å². The second kappa shape index (κ2) is 9.22. The molecule has 2 amide bonds. The smallest absolute Gasteiger partial charge is 0.233 e. The maximum Gasteiger partial charge on any atom is 0.233 e. The Kier molecular flexibility index (Phi) is 7.01. The maximum atomic E-state index is 12.8. The van der Waals surface area contributed by atoms with Crippen LogP contribution < -0.4 is 10.6 Å². The van der Waals surface area contributed by atoms with E-state index in [0.717, 1.165) is 16.1 Å². The number of halogens is 1. The normalized spacial score (nSPS) is 11.6. The first-order valence-electron chi connectivity index (χ1n) is 8.00. The van der Waals surface area contributed by atoms with Crippen LogP contribution in [0.25, 0.3) is 0 Å². The second-order valence-electron chi connectivity index (χ2n) is 5.63. The van der Waals surface area contributed by atoms with Gasteiger partial charge in [0.25, 0.3) is 0 Å². The number of hydrogen-bond donors (Lipinski definition) is 2. The SMILES string of the molecule is CC(=O)Nc1ccc(S[C@H](C)C(=O)NCCc2ccc(F)cc2)cc1. The van der Waals surface area contributed by atoms with Gasteiger partial charge in [-0.2, -0.15) is 0 Å². The van der Waals surface area contributed by atoms with Crippen molar-refractivity contribution >= 4 is 29.3 Å². The van der Waals surface area contributed by atoms with Crippen LogP contribution >= 0.6 is 11.8 Å². The molecule has 2 aromatic rings. The van der Waals surface area contributed by atoms with E-state index in [4.69, 9.17) is 0 Å². The van der Waals surface area contributed by atoms with Crippen molar-refractivity contribution in [3.8, 4) is 0 Å². The van der Waals surface area contributed by atoms with Crippen LogP contribution in [0.4, 0.5) is 10.1 Å². The van der Waals surface area contributed by atoms with Crippen LogP contribution in [0.2, 0.25) is 0 Å². The topological polar surface area (TPSA) is 58.2 Å². The average Bonchev–Trinajstić information content (AvgIpc) is 2.58. The van der Waals surface area contributed by atoms with E-state index in [1.54, 1.807) is 12.1 Å². The van der Waals surface area contributed by atoms with Gasteiger partial charge in [-0.15, -0.1) is 11.8 Å². The molecule has 132 valence electrons. The number of benzene rings is 2. The van der Waals surface area contributed by atoms with Gasteiger partial charge in [0.05, 0.1) is 5.25 Å². The summed E-state index contributed by atoms with van der Waals surface area (Å²) in [7, 11) is 0. The lowest BCUT2D eigenvalue weighted by Crippen LogP contribution is -2.32. The summed E-state index contributed by atoms with van der Waals surface area (Å²) in [5, 5.41) is 5.36. The van der Waals surface area contributed by atoms with Crippen LogP contribution in [-0.4, -0.2) is 23.6 Å². The molecule has 2 aromatic carbocycles. The number of hydrogen-bond acceptors (Lipinski definition) is 3. The van der Waals surface area contributed by atoms with Gasteiger partial charge in [0, 0.05) is 24.1 Å². The van der Waals surface area contributed by atoms with E-state index in [2.05, 4.69) is 10.6 Å². The molecule has 0 aliphatic rings. The Balaban J connectivity index is 1.77. The van der Waals surface area contributed by atoms with Gasteiger partial charge in [0.15, 0.2) is 0 Å². The van der Waals surface area contributed by atoms with Gasteiger partial charge in [-0.1, -0.05) is 12.1 Å². The predicted molar refractivity (Wildman–Crippen MR) is 99.2 cm³/mol. The predicted octanol–water partition coefficient (Wildman–Crippen LogP) is 3.62.